The van der Waals surface area contributed by atoms with E-state index < -0.39 is 6.29 Å². The zero-order valence-corrected chi connectivity index (χ0v) is 26.4. The lowest BCUT2D eigenvalue weighted by molar-refractivity contribution is -0.0944. The summed E-state index contributed by atoms with van der Waals surface area (Å²) in [7, 11) is 1.69. The molecule has 0 bridgehead atoms. The molecule has 0 radical (unpaired) electrons. The first-order chi connectivity index (χ1) is 19.9. The van der Waals surface area contributed by atoms with E-state index >= 15 is 0 Å². The summed E-state index contributed by atoms with van der Waals surface area (Å²) < 4.78 is 10.8. The third-order valence-corrected chi connectivity index (χ3v) is 8.60. The van der Waals surface area contributed by atoms with Crippen LogP contribution in [0.25, 0.3) is 0 Å². The van der Waals surface area contributed by atoms with E-state index in [1.165, 1.54) is 68.1 Å². The molecule has 2 aliphatic carbocycles. The molecular weight excluding hydrogens is 512 g/mol. The van der Waals surface area contributed by atoms with Gasteiger partial charge in [-0.15, -0.1) is 0 Å². The lowest BCUT2D eigenvalue weighted by atomic mass is 9.81. The fourth-order valence-electron chi connectivity index (χ4n) is 5.98. The van der Waals surface area contributed by atoms with Crippen molar-refractivity contribution in [1.82, 2.24) is 0 Å². The standard InChI is InChI=1S/C36H60O5/c1-28(2)11-9-14-31-18-20-35-24-32(19-21-34(35)23-31)17-16-30(15-10-22-37)12-7-5-6-8-13-33(26-40-4)27-41-36(39)29(3)25-38/h18-20,23-24,28,30,33-34,36-39H,3,5-17,21-22,25-27H2,1-2,4H3. The zero-order chi connectivity index (χ0) is 29.9. The van der Waals surface area contributed by atoms with Crippen molar-refractivity contribution < 1.29 is 24.8 Å². The summed E-state index contributed by atoms with van der Waals surface area (Å²) in [5.41, 5.74) is 4.76. The Morgan fingerprint density at radius 3 is 2.29 bits per heavy atom. The molecule has 0 saturated carbocycles. The molecule has 2 aliphatic rings. The Labute approximate surface area is 251 Å². The average molecular weight is 573 g/mol. The van der Waals surface area contributed by atoms with Crippen LogP contribution in [0.3, 0.4) is 0 Å². The van der Waals surface area contributed by atoms with Crippen molar-refractivity contribution in [3.8, 4) is 0 Å². The van der Waals surface area contributed by atoms with Gasteiger partial charge in [0.15, 0.2) is 6.29 Å². The van der Waals surface area contributed by atoms with Crippen LogP contribution in [0.15, 0.2) is 59.3 Å². The van der Waals surface area contributed by atoms with Gasteiger partial charge in [-0.1, -0.05) is 100 Å². The van der Waals surface area contributed by atoms with E-state index in [0.717, 1.165) is 44.4 Å². The van der Waals surface area contributed by atoms with Gasteiger partial charge in [0.05, 0.1) is 19.8 Å². The van der Waals surface area contributed by atoms with Gasteiger partial charge in [-0.2, -0.15) is 0 Å². The van der Waals surface area contributed by atoms with E-state index in [1.807, 2.05) is 0 Å². The van der Waals surface area contributed by atoms with Gasteiger partial charge in [-0.05, 0) is 68.8 Å². The van der Waals surface area contributed by atoms with Crippen molar-refractivity contribution in [2.45, 2.75) is 110 Å². The minimum atomic E-state index is -1.12. The summed E-state index contributed by atoms with van der Waals surface area (Å²) in [5.74, 6) is 2.24. The normalized spacial score (nSPS) is 18.9. The molecule has 0 amide bonds. The van der Waals surface area contributed by atoms with E-state index in [9.17, 15) is 10.2 Å². The van der Waals surface area contributed by atoms with Crippen molar-refractivity contribution in [3.63, 3.8) is 0 Å². The highest BCUT2D eigenvalue weighted by Gasteiger charge is 2.19. The fraction of sp³-hybridized carbons (Fsp3) is 0.722. The van der Waals surface area contributed by atoms with Crippen LogP contribution in [0.2, 0.25) is 0 Å². The van der Waals surface area contributed by atoms with Gasteiger partial charge in [-0.25, -0.2) is 0 Å². The third-order valence-electron chi connectivity index (χ3n) is 8.60. The van der Waals surface area contributed by atoms with Gasteiger partial charge in [0.25, 0.3) is 0 Å². The van der Waals surface area contributed by atoms with E-state index in [-0.39, 0.29) is 24.7 Å². The number of aliphatic hydroxyl groups excluding tert-OH is 3. The van der Waals surface area contributed by atoms with Crippen molar-refractivity contribution in [3.05, 3.63) is 59.3 Å². The van der Waals surface area contributed by atoms with Crippen LogP contribution in [0.5, 0.6) is 0 Å². The highest BCUT2D eigenvalue weighted by atomic mass is 16.6. The van der Waals surface area contributed by atoms with E-state index in [1.54, 1.807) is 7.11 Å². The van der Waals surface area contributed by atoms with Crippen molar-refractivity contribution in [2.24, 2.45) is 23.7 Å². The van der Waals surface area contributed by atoms with E-state index in [4.69, 9.17) is 14.6 Å². The minimum absolute atomic E-state index is 0.224. The number of methoxy groups -OCH3 is 1. The summed E-state index contributed by atoms with van der Waals surface area (Å²) in [4.78, 5) is 0. The highest BCUT2D eigenvalue weighted by molar-refractivity contribution is 5.44. The number of hydrogen-bond donors (Lipinski definition) is 3. The van der Waals surface area contributed by atoms with Crippen LogP contribution in [0.1, 0.15) is 104 Å². The molecule has 0 spiro atoms. The smallest absolute Gasteiger partial charge is 0.179 e. The Morgan fingerprint density at radius 2 is 1.61 bits per heavy atom. The second-order valence-electron chi connectivity index (χ2n) is 12.7. The average Bonchev–Trinajstić information content (AvgIpc) is 2.97. The van der Waals surface area contributed by atoms with Crippen LogP contribution < -0.4 is 0 Å². The molecule has 0 saturated heterocycles. The van der Waals surface area contributed by atoms with Crippen LogP contribution in [-0.2, 0) is 9.47 Å². The number of hydrogen-bond acceptors (Lipinski definition) is 5. The molecular formula is C36H60O5. The maximum Gasteiger partial charge on any atom is 0.179 e. The summed E-state index contributed by atoms with van der Waals surface area (Å²) in [5, 5.41) is 28.4. The Balaban J connectivity index is 1.69. The van der Waals surface area contributed by atoms with Gasteiger partial charge in [-0.3, -0.25) is 0 Å². The van der Waals surface area contributed by atoms with Gasteiger partial charge in [0.1, 0.15) is 0 Å². The molecule has 0 aromatic rings. The van der Waals surface area contributed by atoms with Crippen molar-refractivity contribution in [2.75, 3.05) is 33.5 Å². The molecule has 5 heteroatoms. The Kier molecular flexibility index (Phi) is 18.5. The monoisotopic (exact) mass is 572 g/mol. The lowest BCUT2D eigenvalue weighted by Gasteiger charge is -2.24. The van der Waals surface area contributed by atoms with Gasteiger partial charge < -0.3 is 24.8 Å². The lowest BCUT2D eigenvalue weighted by Crippen LogP contribution is -2.23. The fourth-order valence-corrected chi connectivity index (χ4v) is 5.98. The number of ether oxygens (including phenoxy) is 2. The highest BCUT2D eigenvalue weighted by Crippen LogP contribution is 2.34. The topological polar surface area (TPSA) is 79.2 Å². The minimum Gasteiger partial charge on any atom is -0.396 e. The second-order valence-corrected chi connectivity index (χ2v) is 12.7. The Morgan fingerprint density at radius 1 is 0.878 bits per heavy atom. The molecule has 234 valence electrons. The molecule has 0 heterocycles. The van der Waals surface area contributed by atoms with Crippen LogP contribution in [0.4, 0.5) is 0 Å². The quantitative estimate of drug-likeness (QED) is 0.0624. The predicted molar refractivity (Wildman–Crippen MR) is 170 cm³/mol. The van der Waals surface area contributed by atoms with Crippen LogP contribution >= 0.6 is 0 Å². The first-order valence-electron chi connectivity index (χ1n) is 16.3. The maximum absolute atomic E-state index is 9.87. The summed E-state index contributed by atoms with van der Waals surface area (Å²) >= 11 is 0. The molecule has 4 unspecified atom stereocenters. The maximum atomic E-state index is 9.87. The van der Waals surface area contributed by atoms with Crippen molar-refractivity contribution >= 4 is 0 Å². The molecule has 4 atom stereocenters. The largest absolute Gasteiger partial charge is 0.396 e. The van der Waals surface area contributed by atoms with Crippen LogP contribution in [0, 0.1) is 23.7 Å². The SMILES string of the molecule is C=C(CO)C(O)OCC(CCCCCCC(CCCO)CCC1=CCC2C=C(CCCC(C)C)C=CC2=C1)COC. The number of allylic oxidation sites excluding steroid dienone is 8. The first kappa shape index (κ1) is 35.7. The summed E-state index contributed by atoms with van der Waals surface area (Å²) in [6.45, 7) is 9.23. The Bertz CT molecular complexity index is 852. The van der Waals surface area contributed by atoms with Gasteiger partial charge in [0.2, 0.25) is 0 Å². The third kappa shape index (κ3) is 15.0. The number of fused-ring (bicyclic) bond motifs is 1. The predicted octanol–water partition coefficient (Wildman–Crippen LogP) is 7.84. The molecule has 0 fully saturated rings. The molecule has 2 rings (SSSR count). The number of unbranched alkanes of at least 4 members (excludes halogenated alkanes) is 3. The second kappa shape index (κ2) is 21.2. The Hall–Kier alpha value is -1.50. The molecule has 0 aliphatic heterocycles. The summed E-state index contributed by atoms with van der Waals surface area (Å²) in [6, 6.07) is 0. The molecule has 3 N–H and O–H groups in total. The number of aliphatic hydroxyl groups is 3. The van der Waals surface area contributed by atoms with E-state index in [2.05, 4.69) is 50.8 Å². The zero-order valence-electron chi connectivity index (χ0n) is 26.4. The van der Waals surface area contributed by atoms with Gasteiger partial charge in [0, 0.05) is 31.1 Å². The number of rotatable bonds is 24. The molecule has 5 nitrogen and oxygen atoms in total. The molecule has 0 aromatic carbocycles. The molecule has 0 aromatic heterocycles. The molecule has 41 heavy (non-hydrogen) atoms. The van der Waals surface area contributed by atoms with Crippen LogP contribution in [-0.4, -0.2) is 55.1 Å². The van der Waals surface area contributed by atoms with Crippen molar-refractivity contribution in [1.29, 1.82) is 0 Å². The van der Waals surface area contributed by atoms with E-state index in [0.29, 0.717) is 25.0 Å². The van der Waals surface area contributed by atoms with Gasteiger partial charge >= 0.3 is 0 Å². The summed E-state index contributed by atoms with van der Waals surface area (Å²) in [6.07, 6.45) is 27.2. The first-order valence-corrected chi connectivity index (χ1v) is 16.3.